The van der Waals surface area contributed by atoms with Gasteiger partial charge in [0.2, 0.25) is 0 Å². The first-order valence-electron chi connectivity index (χ1n) is 4.99. The van der Waals surface area contributed by atoms with E-state index in [0.29, 0.717) is 6.54 Å². The molecule has 1 heterocycles. The van der Waals surface area contributed by atoms with Crippen LogP contribution in [0.25, 0.3) is 0 Å². The molecule has 2 N–H and O–H groups in total. The van der Waals surface area contributed by atoms with Gasteiger partial charge in [-0.25, -0.2) is 4.79 Å². The third-order valence-corrected chi connectivity index (χ3v) is 3.89. The summed E-state index contributed by atoms with van der Waals surface area (Å²) in [6.45, 7) is 2.24. The Labute approximate surface area is 108 Å². The number of amides is 2. The number of urea groups is 1. The number of hydrogen-bond acceptors (Lipinski definition) is 3. The first kappa shape index (κ1) is 13.5. The molecule has 0 atom stereocenters. The van der Waals surface area contributed by atoms with Crippen LogP contribution < -0.4 is 10.6 Å². The molecule has 4 nitrogen and oxygen atoms in total. The van der Waals surface area contributed by atoms with Crippen molar-refractivity contribution in [2.75, 3.05) is 27.2 Å². The summed E-state index contributed by atoms with van der Waals surface area (Å²) in [5, 5.41) is 8.11. The number of carbonyl (C=O) groups is 1. The predicted molar refractivity (Wildman–Crippen MR) is 70.8 cm³/mol. The Morgan fingerprint density at radius 3 is 2.81 bits per heavy atom. The van der Waals surface area contributed by atoms with E-state index in [-0.39, 0.29) is 6.03 Å². The number of nitrogens with zero attached hydrogens (tertiary/aromatic N) is 1. The molecule has 0 unspecified atom stereocenters. The van der Waals surface area contributed by atoms with Crippen LogP contribution >= 0.6 is 27.3 Å². The average Bonchev–Trinajstić information content (AvgIpc) is 2.63. The SMILES string of the molecule is CN(C)C(=O)NCCNCc1sccc1Br. The minimum atomic E-state index is -0.0564. The molecule has 0 bridgehead atoms. The van der Waals surface area contributed by atoms with Gasteiger partial charge < -0.3 is 15.5 Å². The molecule has 0 aliphatic heterocycles. The Morgan fingerprint density at radius 2 is 2.25 bits per heavy atom. The minimum Gasteiger partial charge on any atom is -0.337 e. The normalized spacial score (nSPS) is 10.2. The second kappa shape index (κ2) is 6.88. The third-order valence-electron chi connectivity index (χ3n) is 1.96. The van der Waals surface area contributed by atoms with Gasteiger partial charge in [-0.15, -0.1) is 11.3 Å². The van der Waals surface area contributed by atoms with Crippen molar-refractivity contribution in [3.63, 3.8) is 0 Å². The van der Waals surface area contributed by atoms with Crippen LogP contribution in [0.1, 0.15) is 4.88 Å². The van der Waals surface area contributed by atoms with Gasteiger partial charge in [-0.05, 0) is 27.4 Å². The van der Waals surface area contributed by atoms with E-state index in [0.717, 1.165) is 17.6 Å². The standard InChI is InChI=1S/C10H16BrN3OS/c1-14(2)10(15)13-5-4-12-7-9-8(11)3-6-16-9/h3,6,12H,4-5,7H2,1-2H3,(H,13,15). The smallest absolute Gasteiger partial charge is 0.316 e. The third kappa shape index (κ3) is 4.51. The number of carbonyl (C=O) groups excluding carboxylic acids is 1. The summed E-state index contributed by atoms with van der Waals surface area (Å²) in [5.41, 5.74) is 0. The lowest BCUT2D eigenvalue weighted by molar-refractivity contribution is 0.217. The summed E-state index contributed by atoms with van der Waals surface area (Å²) in [6, 6.07) is 1.98. The topological polar surface area (TPSA) is 44.4 Å². The highest BCUT2D eigenvalue weighted by Crippen LogP contribution is 2.21. The Bertz CT molecular complexity index is 341. The maximum Gasteiger partial charge on any atom is 0.316 e. The molecule has 0 saturated heterocycles. The first-order valence-corrected chi connectivity index (χ1v) is 6.66. The zero-order valence-electron chi connectivity index (χ0n) is 9.42. The van der Waals surface area contributed by atoms with Gasteiger partial charge in [0.1, 0.15) is 0 Å². The first-order chi connectivity index (χ1) is 7.61. The van der Waals surface area contributed by atoms with Crippen molar-refractivity contribution in [3.05, 3.63) is 20.8 Å². The largest absolute Gasteiger partial charge is 0.337 e. The van der Waals surface area contributed by atoms with Gasteiger partial charge in [0, 0.05) is 43.1 Å². The van der Waals surface area contributed by atoms with E-state index in [1.807, 2.05) is 6.07 Å². The van der Waals surface area contributed by atoms with Crippen molar-refractivity contribution in [1.82, 2.24) is 15.5 Å². The minimum absolute atomic E-state index is 0.0564. The number of halogens is 1. The van der Waals surface area contributed by atoms with Crippen molar-refractivity contribution in [1.29, 1.82) is 0 Å². The number of hydrogen-bond donors (Lipinski definition) is 2. The van der Waals surface area contributed by atoms with Crippen LogP contribution in [-0.4, -0.2) is 38.1 Å². The van der Waals surface area contributed by atoms with Crippen LogP contribution in [0.5, 0.6) is 0 Å². The lowest BCUT2D eigenvalue weighted by atomic mass is 10.4. The summed E-state index contributed by atoms with van der Waals surface area (Å²) in [5.74, 6) is 0. The van der Waals surface area contributed by atoms with E-state index < -0.39 is 0 Å². The van der Waals surface area contributed by atoms with Crippen molar-refractivity contribution >= 4 is 33.3 Å². The summed E-state index contributed by atoms with van der Waals surface area (Å²) in [6.07, 6.45) is 0. The number of nitrogens with one attached hydrogen (secondary N) is 2. The fourth-order valence-electron chi connectivity index (χ4n) is 1.07. The van der Waals surface area contributed by atoms with E-state index in [1.165, 1.54) is 9.78 Å². The molecule has 0 spiro atoms. The molecule has 0 radical (unpaired) electrons. The lowest BCUT2D eigenvalue weighted by Gasteiger charge is -2.11. The fourth-order valence-corrected chi connectivity index (χ4v) is 2.53. The van der Waals surface area contributed by atoms with Gasteiger partial charge in [-0.3, -0.25) is 0 Å². The molecule has 16 heavy (non-hydrogen) atoms. The number of thiophene rings is 1. The van der Waals surface area contributed by atoms with Gasteiger partial charge in [-0.1, -0.05) is 0 Å². The van der Waals surface area contributed by atoms with Crippen LogP contribution in [0, 0.1) is 0 Å². The second-order valence-electron chi connectivity index (χ2n) is 3.49. The molecule has 0 aliphatic rings. The molecule has 2 amide bonds. The van der Waals surface area contributed by atoms with Crippen LogP contribution in [0.3, 0.4) is 0 Å². The Kier molecular flexibility index (Phi) is 5.79. The van der Waals surface area contributed by atoms with Gasteiger partial charge in [0.15, 0.2) is 0 Å². The van der Waals surface area contributed by atoms with Crippen molar-refractivity contribution in [2.24, 2.45) is 0 Å². The van der Waals surface area contributed by atoms with Gasteiger partial charge in [-0.2, -0.15) is 0 Å². The lowest BCUT2D eigenvalue weighted by Crippen LogP contribution is -2.38. The summed E-state index contributed by atoms with van der Waals surface area (Å²) in [4.78, 5) is 14.0. The van der Waals surface area contributed by atoms with E-state index in [4.69, 9.17) is 0 Å². The maximum absolute atomic E-state index is 11.2. The predicted octanol–water partition coefficient (Wildman–Crippen LogP) is 1.87. The molecule has 6 heteroatoms. The Balaban J connectivity index is 2.09. The molecule has 1 aromatic rings. The van der Waals surface area contributed by atoms with E-state index >= 15 is 0 Å². The van der Waals surface area contributed by atoms with Gasteiger partial charge in [0.25, 0.3) is 0 Å². The molecule has 90 valence electrons. The van der Waals surface area contributed by atoms with E-state index in [9.17, 15) is 4.79 Å². The fraction of sp³-hybridized carbons (Fsp3) is 0.500. The quantitative estimate of drug-likeness (QED) is 0.816. The molecule has 1 aromatic heterocycles. The van der Waals surface area contributed by atoms with Crippen molar-refractivity contribution in [3.8, 4) is 0 Å². The zero-order valence-corrected chi connectivity index (χ0v) is 11.8. The van der Waals surface area contributed by atoms with Gasteiger partial charge in [0.05, 0.1) is 0 Å². The summed E-state index contributed by atoms with van der Waals surface area (Å²) < 4.78 is 1.14. The average molecular weight is 306 g/mol. The van der Waals surface area contributed by atoms with Crippen LogP contribution in [0.2, 0.25) is 0 Å². The van der Waals surface area contributed by atoms with Crippen LogP contribution in [0.15, 0.2) is 15.9 Å². The molecule has 1 rings (SSSR count). The van der Waals surface area contributed by atoms with Crippen molar-refractivity contribution < 1.29 is 4.79 Å². The van der Waals surface area contributed by atoms with Crippen molar-refractivity contribution in [2.45, 2.75) is 6.54 Å². The molecule has 0 aromatic carbocycles. The summed E-state index contributed by atoms with van der Waals surface area (Å²) in [7, 11) is 3.46. The molecule has 0 fully saturated rings. The molecule has 0 aliphatic carbocycles. The van der Waals surface area contributed by atoms with Gasteiger partial charge >= 0.3 is 6.03 Å². The molecule has 0 saturated carbocycles. The molecular formula is C10H16BrN3OS. The zero-order chi connectivity index (χ0) is 12.0. The molecular weight excluding hydrogens is 290 g/mol. The van der Waals surface area contributed by atoms with Crippen LogP contribution in [-0.2, 0) is 6.54 Å². The summed E-state index contributed by atoms with van der Waals surface area (Å²) >= 11 is 5.19. The highest BCUT2D eigenvalue weighted by Gasteiger charge is 2.02. The highest BCUT2D eigenvalue weighted by atomic mass is 79.9. The number of rotatable bonds is 5. The Hall–Kier alpha value is -0.590. The van der Waals surface area contributed by atoms with E-state index in [1.54, 1.807) is 25.4 Å². The van der Waals surface area contributed by atoms with E-state index in [2.05, 4.69) is 31.9 Å². The maximum atomic E-state index is 11.2. The van der Waals surface area contributed by atoms with Crippen LogP contribution in [0.4, 0.5) is 4.79 Å². The monoisotopic (exact) mass is 305 g/mol. The highest BCUT2D eigenvalue weighted by molar-refractivity contribution is 9.10. The second-order valence-corrected chi connectivity index (χ2v) is 5.35. The Morgan fingerprint density at radius 1 is 1.50 bits per heavy atom.